The van der Waals surface area contributed by atoms with E-state index in [2.05, 4.69) is 66.3 Å². The van der Waals surface area contributed by atoms with E-state index in [1.165, 1.54) is 37.7 Å². The molecule has 0 radical (unpaired) electrons. The highest BCUT2D eigenvalue weighted by atomic mass is 79.9. The molecule has 1 aromatic rings. The van der Waals surface area contributed by atoms with Gasteiger partial charge in [-0.3, -0.25) is 0 Å². The van der Waals surface area contributed by atoms with Gasteiger partial charge in [-0.1, -0.05) is 60.7 Å². The Kier molecular flexibility index (Phi) is 7.60. The lowest BCUT2D eigenvalue weighted by atomic mass is 10.0. The summed E-state index contributed by atoms with van der Waals surface area (Å²) in [5.41, 5.74) is 1.36. The maximum Gasteiger partial charge on any atom is 0.0294 e. The molecule has 1 unspecified atom stereocenters. The van der Waals surface area contributed by atoms with Crippen LogP contribution in [0.2, 0.25) is 0 Å². The van der Waals surface area contributed by atoms with E-state index in [0.717, 1.165) is 4.47 Å². The molecule has 1 aromatic carbocycles. The van der Waals surface area contributed by atoms with Gasteiger partial charge in [0.25, 0.3) is 0 Å². The molecule has 0 aromatic heterocycles. The zero-order chi connectivity index (χ0) is 13.4. The highest BCUT2D eigenvalue weighted by Crippen LogP contribution is 2.17. The normalized spacial score (nSPS) is 14.4. The third kappa shape index (κ3) is 6.01. The van der Waals surface area contributed by atoms with Gasteiger partial charge < -0.3 is 5.32 Å². The van der Waals surface area contributed by atoms with E-state index in [9.17, 15) is 0 Å². The zero-order valence-electron chi connectivity index (χ0n) is 11.9. The number of hydrogen-bond donors (Lipinski definition) is 1. The molecule has 0 saturated heterocycles. The zero-order valence-corrected chi connectivity index (χ0v) is 13.5. The van der Waals surface area contributed by atoms with Crippen molar-refractivity contribution in [1.29, 1.82) is 0 Å². The van der Waals surface area contributed by atoms with Crippen LogP contribution in [0.25, 0.3) is 0 Å². The van der Waals surface area contributed by atoms with Crippen LogP contribution in [0.1, 0.15) is 64.5 Å². The van der Waals surface area contributed by atoms with E-state index in [-0.39, 0.29) is 0 Å². The minimum atomic E-state index is 0.430. The summed E-state index contributed by atoms with van der Waals surface area (Å²) in [5.74, 6) is 0. The quantitative estimate of drug-likeness (QED) is 0.629. The Labute approximate surface area is 120 Å². The summed E-state index contributed by atoms with van der Waals surface area (Å²) < 4.78 is 1.14. The maximum atomic E-state index is 3.68. The van der Waals surface area contributed by atoms with E-state index in [4.69, 9.17) is 0 Å². The fraction of sp³-hybridized carbons (Fsp3) is 0.625. The molecule has 1 rings (SSSR count). The van der Waals surface area contributed by atoms with Crippen molar-refractivity contribution in [3.8, 4) is 0 Å². The molecule has 2 heteroatoms. The van der Waals surface area contributed by atoms with Crippen LogP contribution in [0.5, 0.6) is 0 Å². The second-order valence-corrected chi connectivity index (χ2v) is 6.11. The summed E-state index contributed by atoms with van der Waals surface area (Å²) in [4.78, 5) is 0. The summed E-state index contributed by atoms with van der Waals surface area (Å²) in [6.45, 7) is 6.80. The lowest BCUT2D eigenvalue weighted by Crippen LogP contribution is -2.28. The van der Waals surface area contributed by atoms with Crippen molar-refractivity contribution in [2.75, 3.05) is 0 Å². The van der Waals surface area contributed by atoms with Crippen molar-refractivity contribution in [2.24, 2.45) is 0 Å². The fourth-order valence-electron chi connectivity index (χ4n) is 2.24. The van der Waals surface area contributed by atoms with Gasteiger partial charge in [0.1, 0.15) is 0 Å². The Morgan fingerprint density at radius 1 is 1.06 bits per heavy atom. The van der Waals surface area contributed by atoms with Gasteiger partial charge in [-0.15, -0.1) is 0 Å². The Balaban J connectivity index is 2.30. The molecule has 2 atom stereocenters. The highest BCUT2D eigenvalue weighted by Gasteiger charge is 2.08. The van der Waals surface area contributed by atoms with Crippen LogP contribution >= 0.6 is 15.9 Å². The molecule has 1 nitrogen and oxygen atoms in total. The van der Waals surface area contributed by atoms with Gasteiger partial charge in [-0.25, -0.2) is 0 Å². The third-order valence-corrected chi connectivity index (χ3v) is 3.92. The molecule has 0 heterocycles. The summed E-state index contributed by atoms with van der Waals surface area (Å²) in [6, 6.07) is 9.62. The van der Waals surface area contributed by atoms with E-state index < -0.39 is 0 Å². The summed E-state index contributed by atoms with van der Waals surface area (Å²) in [7, 11) is 0. The number of benzene rings is 1. The Morgan fingerprint density at radius 3 is 2.33 bits per heavy atom. The molecule has 0 saturated carbocycles. The predicted octanol–water partition coefficient (Wildman–Crippen LogP) is 5.46. The number of halogens is 1. The van der Waals surface area contributed by atoms with Gasteiger partial charge in [-0.05, 0) is 38.0 Å². The van der Waals surface area contributed by atoms with Gasteiger partial charge in [0.15, 0.2) is 0 Å². The van der Waals surface area contributed by atoms with Crippen molar-refractivity contribution >= 4 is 15.9 Å². The van der Waals surface area contributed by atoms with Crippen LogP contribution < -0.4 is 5.32 Å². The first-order chi connectivity index (χ1) is 8.63. The minimum Gasteiger partial charge on any atom is -0.308 e. The topological polar surface area (TPSA) is 12.0 Å². The number of hydrogen-bond acceptors (Lipinski definition) is 1. The predicted molar refractivity (Wildman–Crippen MR) is 83.9 cm³/mol. The van der Waals surface area contributed by atoms with Crippen LogP contribution in [-0.4, -0.2) is 6.04 Å². The Bertz CT molecular complexity index is 320. The monoisotopic (exact) mass is 311 g/mol. The largest absolute Gasteiger partial charge is 0.308 e. The number of nitrogens with one attached hydrogen (secondary N) is 1. The smallest absolute Gasteiger partial charge is 0.0294 e. The first kappa shape index (κ1) is 15.7. The van der Waals surface area contributed by atoms with E-state index >= 15 is 0 Å². The molecule has 102 valence electrons. The summed E-state index contributed by atoms with van der Waals surface area (Å²) in [6.07, 6.45) is 6.68. The molecule has 0 amide bonds. The van der Waals surface area contributed by atoms with Gasteiger partial charge in [0.2, 0.25) is 0 Å². The SMILES string of the molecule is CCCCCCC(C)N[C@@H](C)c1ccc(Br)cc1. The van der Waals surface area contributed by atoms with Gasteiger partial charge in [0, 0.05) is 16.6 Å². The summed E-state index contributed by atoms with van der Waals surface area (Å²) in [5, 5.41) is 3.68. The molecule has 0 aliphatic carbocycles. The average molecular weight is 312 g/mol. The summed E-state index contributed by atoms with van der Waals surface area (Å²) >= 11 is 3.47. The van der Waals surface area contributed by atoms with E-state index in [0.29, 0.717) is 12.1 Å². The lowest BCUT2D eigenvalue weighted by molar-refractivity contribution is 0.438. The average Bonchev–Trinajstić information content (AvgIpc) is 2.35. The van der Waals surface area contributed by atoms with Crippen LogP contribution in [-0.2, 0) is 0 Å². The van der Waals surface area contributed by atoms with Crippen LogP contribution in [0, 0.1) is 0 Å². The second kappa shape index (κ2) is 8.71. The third-order valence-electron chi connectivity index (χ3n) is 3.40. The molecule has 0 bridgehead atoms. The van der Waals surface area contributed by atoms with Gasteiger partial charge in [0.05, 0.1) is 0 Å². The lowest BCUT2D eigenvalue weighted by Gasteiger charge is -2.20. The molecular weight excluding hydrogens is 286 g/mol. The molecule has 1 N–H and O–H groups in total. The van der Waals surface area contributed by atoms with E-state index in [1.54, 1.807) is 0 Å². The molecule has 0 aliphatic rings. The van der Waals surface area contributed by atoms with Crippen LogP contribution in [0.4, 0.5) is 0 Å². The van der Waals surface area contributed by atoms with Crippen molar-refractivity contribution in [2.45, 2.75) is 65.0 Å². The molecular formula is C16H26BrN. The number of unbranched alkanes of at least 4 members (excludes halogenated alkanes) is 3. The maximum absolute atomic E-state index is 3.68. The molecule has 0 fully saturated rings. The molecule has 18 heavy (non-hydrogen) atoms. The standard InChI is InChI=1S/C16H26BrN/c1-4-5-6-7-8-13(2)18-14(3)15-9-11-16(17)12-10-15/h9-14,18H,4-8H2,1-3H3/t13?,14-/m0/s1. The van der Waals surface area contributed by atoms with Crippen molar-refractivity contribution in [3.05, 3.63) is 34.3 Å². The van der Waals surface area contributed by atoms with Crippen molar-refractivity contribution in [3.63, 3.8) is 0 Å². The van der Waals surface area contributed by atoms with Crippen molar-refractivity contribution in [1.82, 2.24) is 5.32 Å². The van der Waals surface area contributed by atoms with Crippen molar-refractivity contribution < 1.29 is 0 Å². The highest BCUT2D eigenvalue weighted by molar-refractivity contribution is 9.10. The Hall–Kier alpha value is -0.340. The van der Waals surface area contributed by atoms with Crippen LogP contribution in [0.3, 0.4) is 0 Å². The first-order valence-corrected chi connectivity index (χ1v) is 7.94. The minimum absolute atomic E-state index is 0.430. The first-order valence-electron chi connectivity index (χ1n) is 7.15. The number of rotatable bonds is 8. The van der Waals surface area contributed by atoms with E-state index in [1.807, 2.05) is 0 Å². The molecule has 0 aliphatic heterocycles. The Morgan fingerprint density at radius 2 is 1.72 bits per heavy atom. The van der Waals surface area contributed by atoms with Gasteiger partial charge >= 0.3 is 0 Å². The van der Waals surface area contributed by atoms with Crippen LogP contribution in [0.15, 0.2) is 28.7 Å². The van der Waals surface area contributed by atoms with Gasteiger partial charge in [-0.2, -0.15) is 0 Å². The fourth-order valence-corrected chi connectivity index (χ4v) is 2.50. The molecule has 0 spiro atoms. The second-order valence-electron chi connectivity index (χ2n) is 5.19.